The molecule has 1 N–H and O–H groups in total. The highest BCUT2D eigenvalue weighted by atomic mass is 32.1. The average Bonchev–Trinajstić information content (AvgIpc) is 2.73. The van der Waals surface area contributed by atoms with Crippen LogP contribution in [0.15, 0.2) is 30.3 Å². The number of ether oxygens (including phenoxy) is 1. The summed E-state index contributed by atoms with van der Waals surface area (Å²) >= 11 is 1.85. The number of nitrogens with one attached hydrogen (secondary N) is 1. The maximum atomic E-state index is 5.74. The van der Waals surface area contributed by atoms with Gasteiger partial charge in [-0.2, -0.15) is 0 Å². The molecule has 1 aromatic heterocycles. The topological polar surface area (TPSA) is 21.3 Å². The Labute approximate surface area is 119 Å². The van der Waals surface area contributed by atoms with Gasteiger partial charge in [0.15, 0.2) is 0 Å². The molecule has 2 nitrogen and oxygen atoms in total. The highest BCUT2D eigenvalue weighted by Crippen LogP contribution is 2.34. The number of benzene rings is 1. The molecule has 0 aliphatic heterocycles. The van der Waals surface area contributed by atoms with Crippen molar-refractivity contribution in [3.05, 3.63) is 51.2 Å². The van der Waals surface area contributed by atoms with Gasteiger partial charge >= 0.3 is 0 Å². The number of para-hydroxylation sites is 1. The Morgan fingerprint density at radius 2 is 2.00 bits per heavy atom. The first-order valence-corrected chi connectivity index (χ1v) is 7.45. The van der Waals surface area contributed by atoms with E-state index in [2.05, 4.69) is 37.4 Å². The van der Waals surface area contributed by atoms with Gasteiger partial charge in [-0.3, -0.25) is 0 Å². The van der Waals surface area contributed by atoms with Gasteiger partial charge < -0.3 is 10.1 Å². The van der Waals surface area contributed by atoms with E-state index in [4.69, 9.17) is 4.74 Å². The van der Waals surface area contributed by atoms with Crippen LogP contribution in [0.5, 0.6) is 5.75 Å². The monoisotopic (exact) mass is 275 g/mol. The Morgan fingerprint density at radius 3 is 2.58 bits per heavy atom. The van der Waals surface area contributed by atoms with E-state index in [0.717, 1.165) is 5.75 Å². The molecule has 2 aromatic rings. The first-order valence-electron chi connectivity index (χ1n) is 6.63. The molecule has 0 saturated heterocycles. The van der Waals surface area contributed by atoms with Crippen molar-refractivity contribution in [2.75, 3.05) is 13.7 Å². The molecule has 2 rings (SSSR count). The van der Waals surface area contributed by atoms with Gasteiger partial charge in [0.05, 0.1) is 12.6 Å². The standard InChI is InChI=1S/C16H21NOS/c1-5-18-14-9-7-6-8-13(14)16(17-4)15-10-11(2)12(3)19-15/h6-10,16-17H,5H2,1-4H3. The zero-order valence-corrected chi connectivity index (χ0v) is 12.8. The Hall–Kier alpha value is -1.32. The number of thiophene rings is 1. The summed E-state index contributed by atoms with van der Waals surface area (Å²) in [6.07, 6.45) is 0. The first kappa shape index (κ1) is 14.1. The fraction of sp³-hybridized carbons (Fsp3) is 0.375. The lowest BCUT2D eigenvalue weighted by molar-refractivity contribution is 0.334. The minimum atomic E-state index is 0.195. The molecule has 0 fully saturated rings. The van der Waals surface area contributed by atoms with E-state index in [9.17, 15) is 0 Å². The molecule has 1 atom stereocenters. The van der Waals surface area contributed by atoms with Crippen LogP contribution in [-0.4, -0.2) is 13.7 Å². The third kappa shape index (κ3) is 2.99. The normalized spacial score (nSPS) is 12.4. The second-order valence-electron chi connectivity index (χ2n) is 4.58. The Balaban J connectivity index is 2.41. The van der Waals surface area contributed by atoms with Gasteiger partial charge in [-0.05, 0) is 45.5 Å². The van der Waals surface area contributed by atoms with Crippen molar-refractivity contribution >= 4 is 11.3 Å². The van der Waals surface area contributed by atoms with Gasteiger partial charge in [-0.15, -0.1) is 11.3 Å². The molecule has 3 heteroatoms. The fourth-order valence-electron chi connectivity index (χ4n) is 2.20. The maximum Gasteiger partial charge on any atom is 0.124 e. The predicted octanol–water partition coefficient (Wildman–Crippen LogP) is 4.07. The Bertz CT molecular complexity index is 528. The van der Waals surface area contributed by atoms with E-state index in [1.165, 1.54) is 20.9 Å². The molecule has 0 amide bonds. The molecule has 0 spiro atoms. The minimum Gasteiger partial charge on any atom is -0.494 e. The van der Waals surface area contributed by atoms with Crippen molar-refractivity contribution in [2.45, 2.75) is 26.8 Å². The fourth-order valence-corrected chi connectivity index (χ4v) is 3.37. The second kappa shape index (κ2) is 6.22. The molecular formula is C16H21NOS. The van der Waals surface area contributed by atoms with E-state index in [1.54, 1.807) is 0 Å². The molecule has 0 aliphatic rings. The van der Waals surface area contributed by atoms with E-state index >= 15 is 0 Å². The number of hydrogen-bond acceptors (Lipinski definition) is 3. The van der Waals surface area contributed by atoms with Gasteiger partial charge in [-0.25, -0.2) is 0 Å². The van der Waals surface area contributed by atoms with Gasteiger partial charge in [0.1, 0.15) is 5.75 Å². The van der Waals surface area contributed by atoms with Gasteiger partial charge in [0.2, 0.25) is 0 Å². The highest BCUT2D eigenvalue weighted by molar-refractivity contribution is 7.12. The summed E-state index contributed by atoms with van der Waals surface area (Å²) in [5.74, 6) is 0.966. The summed E-state index contributed by atoms with van der Waals surface area (Å²) in [4.78, 5) is 2.72. The molecule has 0 saturated carbocycles. The summed E-state index contributed by atoms with van der Waals surface area (Å²) in [5, 5.41) is 3.40. The Kier molecular flexibility index (Phi) is 4.61. The van der Waals surface area contributed by atoms with Crippen LogP contribution in [0.2, 0.25) is 0 Å². The van der Waals surface area contributed by atoms with E-state index in [-0.39, 0.29) is 6.04 Å². The zero-order chi connectivity index (χ0) is 13.8. The number of rotatable bonds is 5. The van der Waals surface area contributed by atoms with Crippen molar-refractivity contribution < 1.29 is 4.74 Å². The molecule has 0 aliphatic carbocycles. The van der Waals surface area contributed by atoms with E-state index in [1.807, 2.05) is 37.4 Å². The quantitative estimate of drug-likeness (QED) is 0.888. The average molecular weight is 275 g/mol. The summed E-state index contributed by atoms with van der Waals surface area (Å²) < 4.78 is 5.74. The van der Waals surface area contributed by atoms with Crippen molar-refractivity contribution in [1.82, 2.24) is 5.32 Å². The van der Waals surface area contributed by atoms with Crippen molar-refractivity contribution in [1.29, 1.82) is 0 Å². The molecule has 0 radical (unpaired) electrons. The van der Waals surface area contributed by atoms with E-state index < -0.39 is 0 Å². The third-order valence-corrected chi connectivity index (χ3v) is 4.51. The summed E-state index contributed by atoms with van der Waals surface area (Å²) in [6.45, 7) is 7.04. The van der Waals surface area contributed by atoms with Crippen LogP contribution in [0.4, 0.5) is 0 Å². The van der Waals surface area contributed by atoms with Crippen LogP contribution in [0.3, 0.4) is 0 Å². The largest absolute Gasteiger partial charge is 0.494 e. The predicted molar refractivity (Wildman–Crippen MR) is 82.3 cm³/mol. The van der Waals surface area contributed by atoms with E-state index in [0.29, 0.717) is 6.61 Å². The minimum absolute atomic E-state index is 0.195. The van der Waals surface area contributed by atoms with Crippen LogP contribution in [0.1, 0.15) is 33.8 Å². The SMILES string of the molecule is CCOc1ccccc1C(NC)c1cc(C)c(C)s1. The van der Waals surface area contributed by atoms with Crippen LogP contribution in [-0.2, 0) is 0 Å². The summed E-state index contributed by atoms with van der Waals surface area (Å²) in [5.41, 5.74) is 2.56. The maximum absolute atomic E-state index is 5.74. The Morgan fingerprint density at radius 1 is 1.26 bits per heavy atom. The smallest absolute Gasteiger partial charge is 0.124 e. The van der Waals surface area contributed by atoms with Crippen molar-refractivity contribution in [3.63, 3.8) is 0 Å². The van der Waals surface area contributed by atoms with Crippen molar-refractivity contribution in [2.24, 2.45) is 0 Å². The van der Waals surface area contributed by atoms with Crippen LogP contribution < -0.4 is 10.1 Å². The molecule has 1 aromatic carbocycles. The lowest BCUT2D eigenvalue weighted by Gasteiger charge is -2.18. The third-order valence-electron chi connectivity index (χ3n) is 3.29. The number of aryl methyl sites for hydroxylation is 2. The zero-order valence-electron chi connectivity index (χ0n) is 12.0. The molecule has 0 bridgehead atoms. The van der Waals surface area contributed by atoms with Gasteiger partial charge in [-0.1, -0.05) is 18.2 Å². The van der Waals surface area contributed by atoms with Crippen LogP contribution >= 0.6 is 11.3 Å². The van der Waals surface area contributed by atoms with Gasteiger partial charge in [0.25, 0.3) is 0 Å². The lowest BCUT2D eigenvalue weighted by Crippen LogP contribution is -2.17. The summed E-state index contributed by atoms with van der Waals surface area (Å²) in [6, 6.07) is 10.7. The highest BCUT2D eigenvalue weighted by Gasteiger charge is 2.18. The molecule has 102 valence electrons. The lowest BCUT2D eigenvalue weighted by atomic mass is 10.0. The molecular weight excluding hydrogens is 254 g/mol. The van der Waals surface area contributed by atoms with Gasteiger partial charge in [0, 0.05) is 15.3 Å². The molecule has 19 heavy (non-hydrogen) atoms. The van der Waals surface area contributed by atoms with Crippen LogP contribution in [0.25, 0.3) is 0 Å². The molecule has 1 heterocycles. The first-order chi connectivity index (χ1) is 9.17. The van der Waals surface area contributed by atoms with Crippen molar-refractivity contribution in [3.8, 4) is 5.75 Å². The summed E-state index contributed by atoms with van der Waals surface area (Å²) in [7, 11) is 2.00. The van der Waals surface area contributed by atoms with Crippen LogP contribution in [0, 0.1) is 13.8 Å². The second-order valence-corrected chi connectivity index (χ2v) is 5.87. The number of hydrogen-bond donors (Lipinski definition) is 1. The molecule has 1 unspecified atom stereocenters.